The predicted molar refractivity (Wildman–Crippen MR) is 112 cm³/mol. The van der Waals surface area contributed by atoms with Crippen molar-refractivity contribution in [3.05, 3.63) is 35.5 Å². The minimum Gasteiger partial charge on any atom is -0.490 e. The molecule has 1 saturated heterocycles. The second kappa shape index (κ2) is 10.1. The number of aryl methyl sites for hydroxylation is 1. The van der Waals surface area contributed by atoms with E-state index in [0.29, 0.717) is 61.6 Å². The molecule has 8 heteroatoms. The van der Waals surface area contributed by atoms with E-state index in [-0.39, 0.29) is 12.0 Å². The number of ether oxygens (including phenoxy) is 4. The van der Waals surface area contributed by atoms with Crippen molar-refractivity contribution in [3.8, 4) is 23.1 Å². The van der Waals surface area contributed by atoms with Crippen LogP contribution in [-0.4, -0.2) is 60.0 Å². The number of hydrogen-bond acceptors (Lipinski definition) is 7. The summed E-state index contributed by atoms with van der Waals surface area (Å²) in [6.45, 7) is 10.0. The minimum absolute atomic E-state index is 0.0963. The molecule has 0 N–H and O–H groups in total. The molecule has 0 spiro atoms. The maximum atomic E-state index is 13.2. The quantitative estimate of drug-likeness (QED) is 0.621. The lowest BCUT2D eigenvalue weighted by Crippen LogP contribution is -2.31. The highest BCUT2D eigenvalue weighted by Crippen LogP contribution is 2.39. The highest BCUT2D eigenvalue weighted by molar-refractivity contribution is 5.96. The molecule has 2 heterocycles. The number of carbonyl (C=O) groups excluding carboxylic acids is 1. The van der Waals surface area contributed by atoms with Gasteiger partial charge in [-0.1, -0.05) is 0 Å². The highest BCUT2D eigenvalue weighted by Gasteiger charge is 2.30. The number of nitrogens with zero attached hydrogens (tertiary/aromatic N) is 3. The Balaban J connectivity index is 1.76. The molecule has 1 fully saturated rings. The molecule has 1 aromatic carbocycles. The number of aromatic nitrogens is 2. The second-order valence-electron chi connectivity index (χ2n) is 6.89. The molecule has 2 aromatic rings. The number of benzene rings is 1. The summed E-state index contributed by atoms with van der Waals surface area (Å²) in [5, 5.41) is 8.04. The van der Waals surface area contributed by atoms with Crippen LogP contribution in [0.2, 0.25) is 0 Å². The standard InChI is InChI=1S/C22H29N3O5/c1-5-27-18-12-16(13-19(28-6-2)21(18)29-7-3)22(26)25-11-10-17(14-25)30-20-9-8-15(4)23-24-20/h8-9,12-13,17H,5-7,10-11,14H2,1-4H3. The average molecular weight is 415 g/mol. The fraction of sp³-hybridized carbons (Fsp3) is 0.500. The number of hydrogen-bond donors (Lipinski definition) is 0. The van der Waals surface area contributed by atoms with Gasteiger partial charge in [-0.25, -0.2) is 0 Å². The van der Waals surface area contributed by atoms with Gasteiger partial charge in [0, 0.05) is 24.6 Å². The van der Waals surface area contributed by atoms with Crippen LogP contribution < -0.4 is 18.9 Å². The number of amides is 1. The molecule has 1 aliphatic rings. The summed E-state index contributed by atoms with van der Waals surface area (Å²) in [6.07, 6.45) is 0.612. The molecule has 0 radical (unpaired) electrons. The molecule has 162 valence electrons. The zero-order chi connectivity index (χ0) is 21.5. The van der Waals surface area contributed by atoms with Crippen LogP contribution in [0.1, 0.15) is 43.2 Å². The summed E-state index contributed by atoms with van der Waals surface area (Å²) in [6, 6.07) is 7.09. The maximum absolute atomic E-state index is 13.2. The number of rotatable bonds is 9. The zero-order valence-corrected chi connectivity index (χ0v) is 18.0. The van der Waals surface area contributed by atoms with Crippen molar-refractivity contribution in [2.75, 3.05) is 32.9 Å². The maximum Gasteiger partial charge on any atom is 0.254 e. The van der Waals surface area contributed by atoms with Crippen LogP contribution in [0.3, 0.4) is 0 Å². The van der Waals surface area contributed by atoms with Crippen LogP contribution in [0.4, 0.5) is 0 Å². The van der Waals surface area contributed by atoms with Gasteiger partial charge in [0.25, 0.3) is 5.91 Å². The van der Waals surface area contributed by atoms with E-state index in [1.165, 1.54) is 0 Å². The van der Waals surface area contributed by atoms with Gasteiger partial charge in [-0.15, -0.1) is 5.10 Å². The van der Waals surface area contributed by atoms with Crippen LogP contribution in [0.25, 0.3) is 0 Å². The number of likely N-dealkylation sites (tertiary alicyclic amines) is 1. The molecule has 0 saturated carbocycles. The van der Waals surface area contributed by atoms with E-state index >= 15 is 0 Å². The van der Waals surface area contributed by atoms with E-state index in [4.69, 9.17) is 18.9 Å². The van der Waals surface area contributed by atoms with Crippen LogP contribution in [0.15, 0.2) is 24.3 Å². The number of carbonyl (C=O) groups is 1. The van der Waals surface area contributed by atoms with E-state index in [1.54, 1.807) is 23.1 Å². The molecule has 1 unspecified atom stereocenters. The molecular weight excluding hydrogens is 386 g/mol. The fourth-order valence-corrected chi connectivity index (χ4v) is 3.32. The van der Waals surface area contributed by atoms with Crippen molar-refractivity contribution >= 4 is 5.91 Å². The Kier molecular flexibility index (Phi) is 7.32. The molecule has 1 aliphatic heterocycles. The van der Waals surface area contributed by atoms with Gasteiger partial charge in [0.1, 0.15) is 6.10 Å². The molecule has 0 bridgehead atoms. The van der Waals surface area contributed by atoms with Crippen LogP contribution >= 0.6 is 0 Å². The summed E-state index contributed by atoms with van der Waals surface area (Å²) in [4.78, 5) is 14.9. The van der Waals surface area contributed by atoms with Crippen molar-refractivity contribution in [2.45, 2.75) is 40.2 Å². The Bertz CT molecular complexity index is 829. The van der Waals surface area contributed by atoms with Gasteiger partial charge in [0.15, 0.2) is 11.5 Å². The lowest BCUT2D eigenvalue weighted by atomic mass is 10.1. The topological polar surface area (TPSA) is 83.0 Å². The van der Waals surface area contributed by atoms with E-state index in [0.717, 1.165) is 12.1 Å². The summed E-state index contributed by atoms with van der Waals surface area (Å²) >= 11 is 0. The van der Waals surface area contributed by atoms with Crippen LogP contribution in [-0.2, 0) is 0 Å². The van der Waals surface area contributed by atoms with Gasteiger partial charge in [-0.3, -0.25) is 4.79 Å². The Morgan fingerprint density at radius 2 is 1.70 bits per heavy atom. The summed E-state index contributed by atoms with van der Waals surface area (Å²) in [7, 11) is 0. The van der Waals surface area contributed by atoms with Gasteiger partial charge in [-0.2, -0.15) is 5.10 Å². The lowest BCUT2D eigenvalue weighted by molar-refractivity contribution is 0.0769. The Labute approximate surface area is 177 Å². The van der Waals surface area contributed by atoms with Gasteiger partial charge < -0.3 is 23.8 Å². The van der Waals surface area contributed by atoms with Gasteiger partial charge in [0.05, 0.1) is 32.1 Å². The van der Waals surface area contributed by atoms with E-state index in [9.17, 15) is 4.79 Å². The van der Waals surface area contributed by atoms with Crippen molar-refractivity contribution in [1.29, 1.82) is 0 Å². The Morgan fingerprint density at radius 1 is 1.03 bits per heavy atom. The van der Waals surface area contributed by atoms with Crippen molar-refractivity contribution < 1.29 is 23.7 Å². The van der Waals surface area contributed by atoms with Crippen LogP contribution in [0, 0.1) is 6.92 Å². The first kappa shape index (κ1) is 21.7. The van der Waals surface area contributed by atoms with E-state index < -0.39 is 0 Å². The van der Waals surface area contributed by atoms with E-state index in [2.05, 4.69) is 10.2 Å². The second-order valence-corrected chi connectivity index (χ2v) is 6.89. The van der Waals surface area contributed by atoms with Crippen molar-refractivity contribution in [3.63, 3.8) is 0 Å². The monoisotopic (exact) mass is 415 g/mol. The van der Waals surface area contributed by atoms with Crippen molar-refractivity contribution in [1.82, 2.24) is 15.1 Å². The predicted octanol–water partition coefficient (Wildman–Crippen LogP) is 3.27. The summed E-state index contributed by atoms with van der Waals surface area (Å²) in [5.74, 6) is 1.92. The first-order valence-electron chi connectivity index (χ1n) is 10.4. The smallest absolute Gasteiger partial charge is 0.254 e. The first-order valence-corrected chi connectivity index (χ1v) is 10.4. The molecule has 0 aliphatic carbocycles. The SMILES string of the molecule is CCOc1cc(C(=O)N2CCC(Oc3ccc(C)nn3)C2)cc(OCC)c1OCC. The minimum atomic E-state index is -0.119. The van der Waals surface area contributed by atoms with E-state index in [1.807, 2.05) is 33.8 Å². The third-order valence-corrected chi connectivity index (χ3v) is 4.65. The Morgan fingerprint density at radius 3 is 2.27 bits per heavy atom. The first-order chi connectivity index (χ1) is 14.5. The largest absolute Gasteiger partial charge is 0.490 e. The highest BCUT2D eigenvalue weighted by atomic mass is 16.5. The van der Waals surface area contributed by atoms with Gasteiger partial charge in [0.2, 0.25) is 11.6 Å². The summed E-state index contributed by atoms with van der Waals surface area (Å²) in [5.41, 5.74) is 1.33. The molecular formula is C22H29N3O5. The molecule has 1 aromatic heterocycles. The molecule has 8 nitrogen and oxygen atoms in total. The normalized spacial score (nSPS) is 15.7. The third-order valence-electron chi connectivity index (χ3n) is 4.65. The lowest BCUT2D eigenvalue weighted by Gasteiger charge is -2.20. The zero-order valence-electron chi connectivity index (χ0n) is 18.0. The average Bonchev–Trinajstić information content (AvgIpc) is 3.20. The molecule has 30 heavy (non-hydrogen) atoms. The van der Waals surface area contributed by atoms with Crippen molar-refractivity contribution in [2.24, 2.45) is 0 Å². The van der Waals surface area contributed by atoms with Gasteiger partial charge >= 0.3 is 0 Å². The summed E-state index contributed by atoms with van der Waals surface area (Å²) < 4.78 is 23.1. The third kappa shape index (κ3) is 5.11. The molecule has 3 rings (SSSR count). The fourth-order valence-electron chi connectivity index (χ4n) is 3.32. The van der Waals surface area contributed by atoms with Crippen LogP contribution in [0.5, 0.6) is 23.1 Å². The van der Waals surface area contributed by atoms with Gasteiger partial charge in [-0.05, 0) is 45.9 Å². The Hall–Kier alpha value is -3.03. The molecule has 1 atom stereocenters. The molecule has 1 amide bonds.